The third-order valence-electron chi connectivity index (χ3n) is 2.16. The Morgan fingerprint density at radius 2 is 2.36 bits per heavy atom. The van der Waals surface area contributed by atoms with Gasteiger partial charge >= 0.3 is 0 Å². The average molecular weight is 210 g/mol. The van der Waals surface area contributed by atoms with E-state index in [9.17, 15) is 0 Å². The van der Waals surface area contributed by atoms with Crippen LogP contribution in [0.15, 0.2) is 23.4 Å². The quantitative estimate of drug-likeness (QED) is 0.756. The van der Waals surface area contributed by atoms with E-state index in [0.29, 0.717) is 6.04 Å². The molecule has 0 spiro atoms. The lowest BCUT2D eigenvalue weighted by Crippen LogP contribution is -2.20. The molecule has 0 saturated heterocycles. The molecule has 0 bridgehead atoms. The van der Waals surface area contributed by atoms with Crippen molar-refractivity contribution >= 4 is 11.8 Å². The lowest BCUT2D eigenvalue weighted by atomic mass is 10.1. The van der Waals surface area contributed by atoms with Crippen LogP contribution in [0.5, 0.6) is 0 Å². The minimum absolute atomic E-state index is 0.395. The molecule has 1 aromatic rings. The van der Waals surface area contributed by atoms with Crippen molar-refractivity contribution in [3.63, 3.8) is 0 Å². The van der Waals surface area contributed by atoms with E-state index in [0.717, 1.165) is 11.6 Å². The van der Waals surface area contributed by atoms with E-state index >= 15 is 0 Å². The van der Waals surface area contributed by atoms with Crippen LogP contribution >= 0.6 is 11.8 Å². The van der Waals surface area contributed by atoms with E-state index in [4.69, 9.17) is 0 Å². The molecule has 0 aliphatic rings. The van der Waals surface area contributed by atoms with E-state index in [2.05, 4.69) is 36.5 Å². The van der Waals surface area contributed by atoms with Gasteiger partial charge in [-0.1, -0.05) is 13.0 Å². The monoisotopic (exact) mass is 210 g/mol. The molecule has 1 rings (SSSR count). The van der Waals surface area contributed by atoms with Gasteiger partial charge in [-0.2, -0.15) is 0 Å². The van der Waals surface area contributed by atoms with Crippen LogP contribution < -0.4 is 5.32 Å². The molecule has 0 saturated carbocycles. The summed E-state index contributed by atoms with van der Waals surface area (Å²) in [6.07, 6.45) is 5.08. The molecule has 14 heavy (non-hydrogen) atoms. The van der Waals surface area contributed by atoms with Gasteiger partial charge < -0.3 is 5.32 Å². The Morgan fingerprint density at radius 3 is 3.00 bits per heavy atom. The van der Waals surface area contributed by atoms with Gasteiger partial charge in [0.05, 0.1) is 0 Å². The second-order valence-electron chi connectivity index (χ2n) is 3.28. The fourth-order valence-electron chi connectivity index (χ4n) is 1.37. The highest BCUT2D eigenvalue weighted by Gasteiger charge is 2.08. The van der Waals surface area contributed by atoms with Gasteiger partial charge in [0.1, 0.15) is 5.03 Å². The number of aromatic nitrogens is 1. The van der Waals surface area contributed by atoms with Gasteiger partial charge in [-0.3, -0.25) is 0 Å². The molecule has 0 fully saturated rings. The molecular formula is C11H18N2S. The Balaban J connectivity index is 2.72. The normalized spacial score (nSPS) is 12.8. The largest absolute Gasteiger partial charge is 0.310 e. The summed E-state index contributed by atoms with van der Waals surface area (Å²) in [7, 11) is 0. The molecule has 1 aromatic heterocycles. The van der Waals surface area contributed by atoms with E-state index in [-0.39, 0.29) is 0 Å². The molecule has 0 aliphatic carbocycles. The molecule has 3 heteroatoms. The van der Waals surface area contributed by atoms with Crippen molar-refractivity contribution in [2.75, 3.05) is 12.8 Å². The summed E-state index contributed by atoms with van der Waals surface area (Å²) in [6.45, 7) is 5.43. The average Bonchev–Trinajstić information content (AvgIpc) is 2.25. The summed E-state index contributed by atoms with van der Waals surface area (Å²) in [5.74, 6) is 0. The molecular weight excluding hydrogens is 192 g/mol. The van der Waals surface area contributed by atoms with Crippen LogP contribution in [0.3, 0.4) is 0 Å². The number of nitrogens with zero attached hydrogens (tertiary/aromatic N) is 1. The van der Waals surface area contributed by atoms with E-state index in [1.807, 2.05) is 12.3 Å². The first-order chi connectivity index (χ1) is 6.79. The van der Waals surface area contributed by atoms with Crippen molar-refractivity contribution in [2.45, 2.75) is 31.3 Å². The highest BCUT2D eigenvalue weighted by atomic mass is 32.2. The predicted molar refractivity (Wildman–Crippen MR) is 62.7 cm³/mol. The minimum Gasteiger partial charge on any atom is -0.310 e. The van der Waals surface area contributed by atoms with Gasteiger partial charge in [0.25, 0.3) is 0 Å². The Kier molecular flexibility index (Phi) is 4.98. The van der Waals surface area contributed by atoms with Crippen LogP contribution in [0.25, 0.3) is 0 Å². The molecule has 0 aliphatic heterocycles. The van der Waals surface area contributed by atoms with Crippen LogP contribution in [-0.2, 0) is 0 Å². The third-order valence-corrected chi connectivity index (χ3v) is 2.89. The zero-order valence-electron chi connectivity index (χ0n) is 9.08. The molecule has 1 unspecified atom stereocenters. The van der Waals surface area contributed by atoms with E-state index in [1.165, 1.54) is 12.0 Å². The van der Waals surface area contributed by atoms with Crippen LogP contribution in [0.4, 0.5) is 0 Å². The zero-order valence-corrected chi connectivity index (χ0v) is 9.90. The van der Waals surface area contributed by atoms with Gasteiger partial charge in [-0.25, -0.2) is 4.98 Å². The summed E-state index contributed by atoms with van der Waals surface area (Å²) in [5, 5.41) is 4.60. The molecule has 0 aromatic carbocycles. The second-order valence-corrected chi connectivity index (χ2v) is 4.07. The number of hydrogen-bond acceptors (Lipinski definition) is 3. The Morgan fingerprint density at radius 1 is 1.57 bits per heavy atom. The van der Waals surface area contributed by atoms with Gasteiger partial charge in [0.15, 0.2) is 0 Å². The Bertz CT molecular complexity index is 276. The Hall–Kier alpha value is -0.540. The van der Waals surface area contributed by atoms with Gasteiger partial charge in [-0.15, -0.1) is 11.8 Å². The van der Waals surface area contributed by atoms with E-state index in [1.54, 1.807) is 11.8 Å². The highest BCUT2D eigenvalue weighted by Crippen LogP contribution is 2.22. The first kappa shape index (κ1) is 11.5. The molecule has 2 nitrogen and oxygen atoms in total. The number of hydrogen-bond donors (Lipinski definition) is 1. The molecule has 78 valence electrons. The second kappa shape index (κ2) is 6.04. The fraction of sp³-hybridized carbons (Fsp3) is 0.545. The lowest BCUT2D eigenvalue weighted by molar-refractivity contribution is 0.560. The molecule has 1 N–H and O–H groups in total. The summed E-state index contributed by atoms with van der Waals surface area (Å²) in [4.78, 5) is 4.35. The lowest BCUT2D eigenvalue weighted by Gasteiger charge is -2.15. The summed E-state index contributed by atoms with van der Waals surface area (Å²) < 4.78 is 0. The number of thioether (sulfide) groups is 1. The Labute approximate surface area is 90.5 Å². The SMILES string of the molecule is CCCNC(C)c1cccnc1SC. The maximum absolute atomic E-state index is 4.35. The van der Waals surface area contributed by atoms with Crippen molar-refractivity contribution in [3.8, 4) is 0 Å². The van der Waals surface area contributed by atoms with Crippen molar-refractivity contribution in [2.24, 2.45) is 0 Å². The van der Waals surface area contributed by atoms with Crippen LogP contribution in [-0.4, -0.2) is 17.8 Å². The summed E-state index contributed by atoms with van der Waals surface area (Å²) in [5.41, 5.74) is 1.30. The van der Waals surface area contributed by atoms with E-state index < -0.39 is 0 Å². The molecule has 0 radical (unpaired) electrons. The summed E-state index contributed by atoms with van der Waals surface area (Å²) >= 11 is 1.71. The summed E-state index contributed by atoms with van der Waals surface area (Å²) in [6, 6.07) is 4.54. The van der Waals surface area contributed by atoms with Crippen LogP contribution in [0, 0.1) is 0 Å². The molecule has 0 amide bonds. The standard InChI is InChI=1S/C11H18N2S/c1-4-7-12-9(2)10-6-5-8-13-11(10)14-3/h5-6,8-9,12H,4,7H2,1-3H3. The number of rotatable bonds is 5. The van der Waals surface area contributed by atoms with Gasteiger partial charge in [0, 0.05) is 17.8 Å². The smallest absolute Gasteiger partial charge is 0.100 e. The number of nitrogens with one attached hydrogen (secondary N) is 1. The van der Waals surface area contributed by atoms with Crippen molar-refractivity contribution in [1.82, 2.24) is 10.3 Å². The molecule has 1 atom stereocenters. The van der Waals surface area contributed by atoms with Crippen molar-refractivity contribution in [1.29, 1.82) is 0 Å². The van der Waals surface area contributed by atoms with Gasteiger partial charge in [-0.05, 0) is 32.2 Å². The molecule has 1 heterocycles. The minimum atomic E-state index is 0.395. The first-order valence-corrected chi connectivity index (χ1v) is 6.24. The highest BCUT2D eigenvalue weighted by molar-refractivity contribution is 7.98. The maximum atomic E-state index is 4.35. The van der Waals surface area contributed by atoms with Crippen LogP contribution in [0.1, 0.15) is 31.9 Å². The predicted octanol–water partition coefficient (Wildman–Crippen LogP) is 2.86. The van der Waals surface area contributed by atoms with Gasteiger partial charge in [0.2, 0.25) is 0 Å². The zero-order chi connectivity index (χ0) is 10.4. The fourth-order valence-corrected chi connectivity index (χ4v) is 2.02. The number of pyridine rings is 1. The van der Waals surface area contributed by atoms with Crippen LogP contribution in [0.2, 0.25) is 0 Å². The van der Waals surface area contributed by atoms with Crippen molar-refractivity contribution in [3.05, 3.63) is 23.9 Å². The third kappa shape index (κ3) is 3.00. The van der Waals surface area contributed by atoms with Crippen molar-refractivity contribution < 1.29 is 0 Å². The topological polar surface area (TPSA) is 24.9 Å². The maximum Gasteiger partial charge on any atom is 0.100 e. The first-order valence-electron chi connectivity index (χ1n) is 5.01.